The van der Waals surface area contributed by atoms with Gasteiger partial charge in [-0.15, -0.1) is 11.3 Å². The molecule has 2 heterocycles. The molecule has 4 atom stereocenters. The third kappa shape index (κ3) is 2.33. The highest BCUT2D eigenvalue weighted by Gasteiger charge is 2.70. The summed E-state index contributed by atoms with van der Waals surface area (Å²) in [7, 11) is 0. The van der Waals surface area contributed by atoms with Gasteiger partial charge in [-0.1, -0.05) is 18.2 Å². The molecule has 2 aromatic rings. The summed E-state index contributed by atoms with van der Waals surface area (Å²) in [6.07, 6.45) is 2.24. The highest BCUT2D eigenvalue weighted by atomic mass is 32.1. The number of fused-ring (bicyclic) bond motifs is 3. The van der Waals surface area contributed by atoms with Crippen molar-refractivity contribution in [3.8, 4) is 5.75 Å². The van der Waals surface area contributed by atoms with Crippen LogP contribution in [0.5, 0.6) is 5.75 Å². The molecular weight excluding hydrogens is 334 g/mol. The van der Waals surface area contributed by atoms with E-state index in [-0.39, 0.29) is 23.5 Å². The van der Waals surface area contributed by atoms with Gasteiger partial charge in [0.15, 0.2) is 5.78 Å². The largest absolute Gasteiger partial charge is 0.486 e. The average Bonchev–Trinajstić information content (AvgIpc) is 2.94. The first kappa shape index (κ1) is 15.1. The Morgan fingerprint density at radius 3 is 3.00 bits per heavy atom. The number of hydrogen-bond donors (Lipinski definition) is 1. The van der Waals surface area contributed by atoms with Crippen LogP contribution < -0.4 is 10.1 Å². The molecule has 5 rings (SSSR count). The Labute approximate surface area is 150 Å². The van der Waals surface area contributed by atoms with E-state index in [1.165, 1.54) is 0 Å². The van der Waals surface area contributed by atoms with Crippen molar-refractivity contribution in [3.63, 3.8) is 0 Å². The maximum Gasteiger partial charge on any atom is 0.224 e. The molecule has 25 heavy (non-hydrogen) atoms. The fourth-order valence-electron chi connectivity index (χ4n) is 4.82. The van der Waals surface area contributed by atoms with Gasteiger partial charge in [-0.2, -0.15) is 0 Å². The summed E-state index contributed by atoms with van der Waals surface area (Å²) in [6.45, 7) is 0.585. The van der Waals surface area contributed by atoms with Gasteiger partial charge in [-0.25, -0.2) is 0 Å². The van der Waals surface area contributed by atoms with Crippen LogP contribution in [0, 0.1) is 17.8 Å². The second kappa shape index (κ2) is 5.43. The van der Waals surface area contributed by atoms with Crippen molar-refractivity contribution in [2.24, 2.45) is 17.8 Å². The molecule has 0 unspecified atom stereocenters. The van der Waals surface area contributed by atoms with Gasteiger partial charge in [0.2, 0.25) is 5.91 Å². The monoisotopic (exact) mass is 353 g/mol. The van der Waals surface area contributed by atoms with Gasteiger partial charge in [0.05, 0.1) is 18.5 Å². The van der Waals surface area contributed by atoms with E-state index in [1.54, 1.807) is 11.3 Å². The summed E-state index contributed by atoms with van der Waals surface area (Å²) in [5, 5.41) is 5.07. The Balaban J connectivity index is 1.33. The van der Waals surface area contributed by atoms with Crippen molar-refractivity contribution in [2.75, 3.05) is 0 Å². The Hall–Kier alpha value is -2.14. The predicted molar refractivity (Wildman–Crippen MR) is 94.6 cm³/mol. The van der Waals surface area contributed by atoms with Crippen LogP contribution in [0.4, 0.5) is 0 Å². The zero-order valence-corrected chi connectivity index (χ0v) is 14.6. The number of amides is 1. The Kier molecular flexibility index (Phi) is 3.29. The maximum atomic E-state index is 12.6. The first-order chi connectivity index (χ1) is 12.2. The molecule has 1 amide bonds. The smallest absolute Gasteiger partial charge is 0.224 e. The van der Waals surface area contributed by atoms with E-state index in [0.29, 0.717) is 30.2 Å². The average molecular weight is 353 g/mol. The summed E-state index contributed by atoms with van der Waals surface area (Å²) < 4.78 is 6.34. The first-order valence-electron chi connectivity index (χ1n) is 8.79. The van der Waals surface area contributed by atoms with E-state index in [1.807, 2.05) is 41.8 Å². The number of Topliss-reactive ketones (excluding diaryl/α,β-unsaturated/α-hetero) is 1. The SMILES string of the molecule is O=C1C[C@]2(CC[C@@H]3[C@@H](C(=O)NCc4cccs4)[C@H]32)Oc2ccccc21. The van der Waals surface area contributed by atoms with Crippen LogP contribution in [0.3, 0.4) is 0 Å². The van der Waals surface area contributed by atoms with Crippen LogP contribution in [0.1, 0.15) is 34.5 Å². The molecule has 1 spiro atoms. The summed E-state index contributed by atoms with van der Waals surface area (Å²) in [5.41, 5.74) is 0.206. The summed E-state index contributed by atoms with van der Waals surface area (Å²) in [5.74, 6) is 1.47. The molecule has 1 aliphatic heterocycles. The fourth-order valence-corrected chi connectivity index (χ4v) is 5.47. The molecule has 128 valence electrons. The lowest BCUT2D eigenvalue weighted by molar-refractivity contribution is -0.124. The number of ketones is 1. The maximum absolute atomic E-state index is 12.6. The van der Waals surface area contributed by atoms with Crippen LogP contribution in [0.25, 0.3) is 0 Å². The minimum Gasteiger partial charge on any atom is -0.486 e. The predicted octanol–water partition coefficient (Wildman–Crippen LogP) is 3.42. The lowest BCUT2D eigenvalue weighted by Gasteiger charge is -2.37. The number of thiophene rings is 1. The minimum absolute atomic E-state index is 0.00762. The van der Waals surface area contributed by atoms with Crippen LogP contribution in [0.15, 0.2) is 41.8 Å². The number of carbonyl (C=O) groups is 2. The molecule has 5 heteroatoms. The van der Waals surface area contributed by atoms with Gasteiger partial charge < -0.3 is 10.1 Å². The highest BCUT2D eigenvalue weighted by molar-refractivity contribution is 7.09. The van der Waals surface area contributed by atoms with Gasteiger partial charge in [0.25, 0.3) is 0 Å². The van der Waals surface area contributed by atoms with Gasteiger partial charge >= 0.3 is 0 Å². The van der Waals surface area contributed by atoms with Gasteiger partial charge in [0.1, 0.15) is 11.4 Å². The molecule has 1 aromatic heterocycles. The van der Waals surface area contributed by atoms with E-state index in [2.05, 4.69) is 5.32 Å². The highest BCUT2D eigenvalue weighted by Crippen LogP contribution is 2.65. The van der Waals surface area contributed by atoms with Crippen LogP contribution in [-0.2, 0) is 11.3 Å². The van der Waals surface area contributed by atoms with E-state index < -0.39 is 5.60 Å². The standard InChI is InChI=1S/C20H19NO3S/c22-15-10-20(24-16-6-2-1-5-13(15)16)8-7-14-17(18(14)20)19(23)21-11-12-4-3-9-25-12/h1-6,9,14,17-18H,7-8,10-11H2,(H,21,23)/t14-,17-,18+,20+/m1/s1. The Bertz CT molecular complexity index is 846. The van der Waals surface area contributed by atoms with Crippen LogP contribution in [0.2, 0.25) is 0 Å². The quantitative estimate of drug-likeness (QED) is 0.920. The number of carbonyl (C=O) groups excluding carboxylic acids is 2. The first-order valence-corrected chi connectivity index (χ1v) is 9.67. The van der Waals surface area contributed by atoms with Crippen molar-refractivity contribution in [3.05, 3.63) is 52.2 Å². The molecule has 2 saturated carbocycles. The lowest BCUT2D eigenvalue weighted by atomic mass is 9.84. The molecule has 2 aliphatic carbocycles. The second-order valence-corrected chi connectivity index (χ2v) is 8.35. The lowest BCUT2D eigenvalue weighted by Crippen LogP contribution is -2.44. The van der Waals surface area contributed by atoms with Crippen molar-refractivity contribution in [1.82, 2.24) is 5.32 Å². The molecular formula is C20H19NO3S. The van der Waals surface area contributed by atoms with Gasteiger partial charge in [-0.05, 0) is 42.3 Å². The van der Waals surface area contributed by atoms with Crippen molar-refractivity contribution < 1.29 is 14.3 Å². The second-order valence-electron chi connectivity index (χ2n) is 7.31. The zero-order valence-electron chi connectivity index (χ0n) is 13.7. The molecule has 2 fully saturated rings. The molecule has 0 bridgehead atoms. The normalized spacial score (nSPS) is 32.0. The molecule has 0 radical (unpaired) electrons. The van der Waals surface area contributed by atoms with E-state index in [0.717, 1.165) is 17.7 Å². The summed E-state index contributed by atoms with van der Waals surface area (Å²) in [6, 6.07) is 11.5. The van der Waals surface area contributed by atoms with E-state index in [4.69, 9.17) is 4.74 Å². The van der Waals surface area contributed by atoms with E-state index in [9.17, 15) is 9.59 Å². The topological polar surface area (TPSA) is 55.4 Å². The third-order valence-electron chi connectivity index (χ3n) is 5.96. The molecule has 3 aliphatic rings. The van der Waals surface area contributed by atoms with Gasteiger partial charge in [-0.3, -0.25) is 9.59 Å². The molecule has 0 saturated heterocycles. The molecule has 1 aromatic carbocycles. The fraction of sp³-hybridized carbons (Fsp3) is 0.400. The Morgan fingerprint density at radius 2 is 2.16 bits per heavy atom. The van der Waals surface area contributed by atoms with E-state index >= 15 is 0 Å². The van der Waals surface area contributed by atoms with Crippen molar-refractivity contribution in [1.29, 1.82) is 0 Å². The molecule has 4 nitrogen and oxygen atoms in total. The third-order valence-corrected chi connectivity index (χ3v) is 6.83. The van der Waals surface area contributed by atoms with Crippen LogP contribution in [-0.4, -0.2) is 17.3 Å². The molecule has 1 N–H and O–H groups in total. The number of hydrogen-bond acceptors (Lipinski definition) is 4. The van der Waals surface area contributed by atoms with Crippen molar-refractivity contribution in [2.45, 2.75) is 31.4 Å². The Morgan fingerprint density at radius 1 is 1.28 bits per heavy atom. The van der Waals surface area contributed by atoms with Crippen molar-refractivity contribution >= 4 is 23.0 Å². The number of nitrogens with one attached hydrogen (secondary N) is 1. The number of rotatable bonds is 3. The summed E-state index contributed by atoms with van der Waals surface area (Å²) in [4.78, 5) is 26.4. The van der Waals surface area contributed by atoms with Gasteiger partial charge in [0, 0.05) is 16.7 Å². The minimum atomic E-state index is -0.471. The summed E-state index contributed by atoms with van der Waals surface area (Å²) >= 11 is 1.65. The number of benzene rings is 1. The number of para-hydroxylation sites is 1. The number of ether oxygens (including phenoxy) is 1. The van der Waals surface area contributed by atoms with Crippen LogP contribution >= 0.6 is 11.3 Å². The zero-order chi connectivity index (χ0) is 17.0.